The first-order valence-electron chi connectivity index (χ1n) is 6.48. The molecule has 0 unspecified atom stereocenters. The van der Waals surface area contributed by atoms with E-state index in [-0.39, 0.29) is 24.4 Å². The van der Waals surface area contributed by atoms with E-state index in [1.807, 2.05) is 0 Å². The molecule has 19 heavy (non-hydrogen) atoms. The molecular weight excluding hydrogens is 250 g/mol. The van der Waals surface area contributed by atoms with Gasteiger partial charge in [-0.15, -0.1) is 0 Å². The molecule has 0 radical (unpaired) electrons. The van der Waals surface area contributed by atoms with E-state index in [0.717, 1.165) is 43.9 Å². The van der Waals surface area contributed by atoms with Crippen LogP contribution in [0.5, 0.6) is 0 Å². The molecule has 0 aromatic heterocycles. The SMILES string of the molecule is NC1(CC(=O)NCc2cc(F)ccc2F)CCCC1. The minimum atomic E-state index is -0.523. The Bertz CT molecular complexity index is 471. The summed E-state index contributed by atoms with van der Waals surface area (Å²) in [6.45, 7) is -0.0154. The molecule has 1 aliphatic rings. The summed E-state index contributed by atoms with van der Waals surface area (Å²) >= 11 is 0. The highest BCUT2D eigenvalue weighted by Gasteiger charge is 2.31. The molecule has 0 aliphatic heterocycles. The van der Waals surface area contributed by atoms with Gasteiger partial charge in [0.1, 0.15) is 11.6 Å². The number of hydrogen-bond acceptors (Lipinski definition) is 2. The van der Waals surface area contributed by atoms with Crippen LogP contribution in [0.15, 0.2) is 18.2 Å². The summed E-state index contributed by atoms with van der Waals surface area (Å²) in [5.41, 5.74) is 5.81. The number of carbonyl (C=O) groups is 1. The summed E-state index contributed by atoms with van der Waals surface area (Å²) in [5, 5.41) is 2.59. The second-order valence-corrected chi connectivity index (χ2v) is 5.26. The first-order valence-corrected chi connectivity index (χ1v) is 6.48. The minimum Gasteiger partial charge on any atom is -0.352 e. The van der Waals surface area contributed by atoms with Gasteiger partial charge in [-0.05, 0) is 31.0 Å². The van der Waals surface area contributed by atoms with Crippen LogP contribution in [-0.4, -0.2) is 11.4 Å². The molecule has 0 bridgehead atoms. The van der Waals surface area contributed by atoms with Crippen molar-refractivity contribution in [1.29, 1.82) is 0 Å². The summed E-state index contributed by atoms with van der Waals surface area (Å²) in [7, 11) is 0. The fourth-order valence-electron chi connectivity index (χ4n) is 2.51. The lowest BCUT2D eigenvalue weighted by Crippen LogP contribution is -2.42. The van der Waals surface area contributed by atoms with E-state index in [1.54, 1.807) is 0 Å². The molecule has 1 aromatic rings. The largest absolute Gasteiger partial charge is 0.352 e. The van der Waals surface area contributed by atoms with E-state index in [0.29, 0.717) is 0 Å². The molecule has 3 nitrogen and oxygen atoms in total. The van der Waals surface area contributed by atoms with Crippen LogP contribution in [0.3, 0.4) is 0 Å². The fraction of sp³-hybridized carbons (Fsp3) is 0.500. The molecule has 3 N–H and O–H groups in total. The predicted molar refractivity (Wildman–Crippen MR) is 68.2 cm³/mol. The Morgan fingerprint density at radius 3 is 2.68 bits per heavy atom. The fourth-order valence-corrected chi connectivity index (χ4v) is 2.51. The first kappa shape index (κ1) is 13.9. The third kappa shape index (κ3) is 3.73. The van der Waals surface area contributed by atoms with E-state index in [9.17, 15) is 13.6 Å². The number of rotatable bonds is 4. The number of halogens is 2. The zero-order valence-electron chi connectivity index (χ0n) is 10.7. The van der Waals surface area contributed by atoms with Crippen molar-refractivity contribution in [3.05, 3.63) is 35.4 Å². The summed E-state index contributed by atoms with van der Waals surface area (Å²) in [4.78, 5) is 11.8. The summed E-state index contributed by atoms with van der Waals surface area (Å²) < 4.78 is 26.3. The highest BCUT2D eigenvalue weighted by Crippen LogP contribution is 2.29. The Morgan fingerprint density at radius 2 is 2.00 bits per heavy atom. The second kappa shape index (κ2) is 5.65. The van der Waals surface area contributed by atoms with Gasteiger partial charge in [-0.2, -0.15) is 0 Å². The van der Waals surface area contributed by atoms with Crippen LogP contribution in [0.25, 0.3) is 0 Å². The lowest BCUT2D eigenvalue weighted by molar-refractivity contribution is -0.122. The molecule has 0 spiro atoms. The number of amides is 1. The molecule has 104 valence electrons. The highest BCUT2D eigenvalue weighted by molar-refractivity contribution is 5.77. The van der Waals surface area contributed by atoms with Crippen molar-refractivity contribution in [1.82, 2.24) is 5.32 Å². The van der Waals surface area contributed by atoms with Gasteiger partial charge in [0.15, 0.2) is 0 Å². The smallest absolute Gasteiger partial charge is 0.222 e. The zero-order valence-corrected chi connectivity index (χ0v) is 10.7. The molecule has 1 aromatic carbocycles. The van der Waals surface area contributed by atoms with Crippen LogP contribution in [0.4, 0.5) is 8.78 Å². The van der Waals surface area contributed by atoms with E-state index in [4.69, 9.17) is 5.73 Å². The van der Waals surface area contributed by atoms with Gasteiger partial charge < -0.3 is 11.1 Å². The molecule has 0 saturated heterocycles. The molecule has 1 saturated carbocycles. The first-order chi connectivity index (χ1) is 8.98. The monoisotopic (exact) mass is 268 g/mol. The Kier molecular flexibility index (Phi) is 4.14. The Labute approximate surface area is 111 Å². The third-order valence-corrected chi connectivity index (χ3v) is 3.60. The van der Waals surface area contributed by atoms with E-state index in [1.165, 1.54) is 0 Å². The Morgan fingerprint density at radius 1 is 1.32 bits per heavy atom. The van der Waals surface area contributed by atoms with Crippen molar-refractivity contribution >= 4 is 5.91 Å². The van der Waals surface area contributed by atoms with Crippen LogP contribution in [-0.2, 0) is 11.3 Å². The number of carbonyl (C=O) groups excluding carboxylic acids is 1. The molecule has 0 heterocycles. The third-order valence-electron chi connectivity index (χ3n) is 3.60. The molecule has 1 amide bonds. The summed E-state index contributed by atoms with van der Waals surface area (Å²) in [6.07, 6.45) is 4.01. The maximum atomic E-state index is 13.4. The molecule has 1 aliphatic carbocycles. The minimum absolute atomic E-state index is 0.0154. The number of nitrogens with two attached hydrogens (primary N) is 1. The molecule has 5 heteroatoms. The van der Waals surface area contributed by atoms with Crippen LogP contribution < -0.4 is 11.1 Å². The molecule has 1 fully saturated rings. The normalized spacial score (nSPS) is 17.4. The predicted octanol–water partition coefficient (Wildman–Crippen LogP) is 2.24. The van der Waals surface area contributed by atoms with E-state index < -0.39 is 17.2 Å². The topological polar surface area (TPSA) is 55.1 Å². The average Bonchev–Trinajstić information content (AvgIpc) is 2.77. The molecule has 0 atom stereocenters. The number of benzene rings is 1. The Balaban J connectivity index is 1.88. The van der Waals surface area contributed by atoms with Crippen LogP contribution >= 0.6 is 0 Å². The van der Waals surface area contributed by atoms with Gasteiger partial charge in [0.2, 0.25) is 5.91 Å². The molecule has 2 rings (SSSR count). The van der Waals surface area contributed by atoms with E-state index >= 15 is 0 Å². The second-order valence-electron chi connectivity index (χ2n) is 5.26. The number of hydrogen-bond donors (Lipinski definition) is 2. The van der Waals surface area contributed by atoms with Crippen LogP contribution in [0.1, 0.15) is 37.7 Å². The van der Waals surface area contributed by atoms with Crippen molar-refractivity contribution in [3.63, 3.8) is 0 Å². The summed E-state index contributed by atoms with van der Waals surface area (Å²) in [5.74, 6) is -1.25. The average molecular weight is 268 g/mol. The zero-order chi connectivity index (χ0) is 13.9. The standard InChI is InChI=1S/C14H18F2N2O/c15-11-3-4-12(16)10(7-11)9-18-13(19)8-14(17)5-1-2-6-14/h3-4,7H,1-2,5-6,8-9,17H2,(H,18,19). The van der Waals surface area contributed by atoms with Crippen molar-refractivity contribution in [2.24, 2.45) is 5.73 Å². The van der Waals surface area contributed by atoms with Gasteiger partial charge >= 0.3 is 0 Å². The van der Waals surface area contributed by atoms with Gasteiger partial charge in [-0.25, -0.2) is 8.78 Å². The van der Waals surface area contributed by atoms with Gasteiger partial charge in [0.25, 0.3) is 0 Å². The molecular formula is C14H18F2N2O. The van der Waals surface area contributed by atoms with Crippen molar-refractivity contribution < 1.29 is 13.6 Å². The summed E-state index contributed by atoms with van der Waals surface area (Å²) in [6, 6.07) is 3.19. The lowest BCUT2D eigenvalue weighted by Gasteiger charge is -2.22. The maximum Gasteiger partial charge on any atom is 0.222 e. The maximum absolute atomic E-state index is 13.4. The van der Waals surface area contributed by atoms with Crippen LogP contribution in [0, 0.1) is 11.6 Å². The number of nitrogens with one attached hydrogen (secondary N) is 1. The quantitative estimate of drug-likeness (QED) is 0.880. The van der Waals surface area contributed by atoms with Crippen molar-refractivity contribution in [3.8, 4) is 0 Å². The van der Waals surface area contributed by atoms with E-state index in [2.05, 4.69) is 5.32 Å². The van der Waals surface area contributed by atoms with Crippen molar-refractivity contribution in [2.75, 3.05) is 0 Å². The van der Waals surface area contributed by atoms with Crippen molar-refractivity contribution in [2.45, 2.75) is 44.2 Å². The van der Waals surface area contributed by atoms with Gasteiger partial charge in [-0.1, -0.05) is 12.8 Å². The lowest BCUT2D eigenvalue weighted by atomic mass is 9.94. The van der Waals surface area contributed by atoms with Gasteiger partial charge in [0.05, 0.1) is 0 Å². The van der Waals surface area contributed by atoms with Gasteiger partial charge in [0, 0.05) is 24.1 Å². The van der Waals surface area contributed by atoms with Gasteiger partial charge in [-0.3, -0.25) is 4.79 Å². The highest BCUT2D eigenvalue weighted by atomic mass is 19.1. The van der Waals surface area contributed by atoms with Crippen LogP contribution in [0.2, 0.25) is 0 Å². The Hall–Kier alpha value is -1.49.